The third-order valence-electron chi connectivity index (χ3n) is 7.06. The first-order valence-electron chi connectivity index (χ1n) is 14.4. The van der Waals surface area contributed by atoms with Gasteiger partial charge >= 0.3 is 0 Å². The molecule has 8 heteroatoms. The van der Waals surface area contributed by atoms with Crippen molar-refractivity contribution in [1.82, 2.24) is 0 Å². The van der Waals surface area contributed by atoms with E-state index in [4.69, 9.17) is 0 Å². The molecule has 0 amide bonds. The summed E-state index contributed by atoms with van der Waals surface area (Å²) in [5, 5.41) is 37.9. The minimum absolute atomic E-state index is 0.176. The standard InChI is InChI=1S/C34H32N4S4/c1-3-5-7-9-11-23-17-31(25(19-35)20-36)41-33(23)29-15-13-27(39-29)28-14-16-30(40-28)34-24(12-10-8-6-4-2)18-32(42-34)26(21-37)22-38/h13-18H,3-12H2,1-2H3/b28-27+,33-29+,34-30+. The van der Waals surface area contributed by atoms with E-state index in [0.29, 0.717) is 0 Å². The highest BCUT2D eigenvalue weighted by molar-refractivity contribution is 7.14. The molecule has 0 radical (unpaired) electrons. The van der Waals surface area contributed by atoms with Crippen molar-refractivity contribution in [3.05, 3.63) is 83.8 Å². The molecular formula is C34H32N4S4. The highest BCUT2D eigenvalue weighted by atomic mass is 32.1. The van der Waals surface area contributed by atoms with E-state index in [1.165, 1.54) is 58.7 Å². The second-order valence-electron chi connectivity index (χ2n) is 10.1. The fraction of sp³-hybridized carbons (Fsp3) is 0.353. The van der Waals surface area contributed by atoms with Crippen molar-refractivity contribution in [1.29, 1.82) is 21.0 Å². The zero-order valence-electron chi connectivity index (χ0n) is 24.0. The van der Waals surface area contributed by atoms with E-state index in [0.717, 1.165) is 52.9 Å². The zero-order chi connectivity index (χ0) is 29.9. The molecular weight excluding hydrogens is 593 g/mol. The molecule has 212 valence electrons. The van der Waals surface area contributed by atoms with E-state index in [1.54, 1.807) is 45.3 Å². The van der Waals surface area contributed by atoms with Crippen LogP contribution in [0, 0.1) is 72.5 Å². The zero-order valence-corrected chi connectivity index (χ0v) is 27.2. The van der Waals surface area contributed by atoms with Gasteiger partial charge in [0.2, 0.25) is 0 Å². The van der Waals surface area contributed by atoms with Gasteiger partial charge in [-0.25, -0.2) is 0 Å². The van der Waals surface area contributed by atoms with Crippen LogP contribution in [0.25, 0.3) is 11.1 Å². The molecule has 0 aliphatic rings. The summed E-state index contributed by atoms with van der Waals surface area (Å²) in [7, 11) is 0. The topological polar surface area (TPSA) is 95.2 Å². The molecule has 0 spiro atoms. The van der Waals surface area contributed by atoms with E-state index in [-0.39, 0.29) is 11.1 Å². The number of hydrogen-bond donors (Lipinski definition) is 0. The first-order valence-corrected chi connectivity index (χ1v) is 17.6. The van der Waals surface area contributed by atoms with Crippen molar-refractivity contribution in [2.75, 3.05) is 0 Å². The van der Waals surface area contributed by atoms with Crippen molar-refractivity contribution in [3.63, 3.8) is 0 Å². The van der Waals surface area contributed by atoms with Crippen molar-refractivity contribution >= 4 is 56.5 Å². The molecule has 0 saturated heterocycles. The fourth-order valence-electron chi connectivity index (χ4n) is 4.83. The molecule has 4 nitrogen and oxygen atoms in total. The van der Waals surface area contributed by atoms with E-state index in [1.807, 2.05) is 12.1 Å². The van der Waals surface area contributed by atoms with Gasteiger partial charge < -0.3 is 0 Å². The Labute approximate surface area is 262 Å². The summed E-state index contributed by atoms with van der Waals surface area (Å²) in [6.45, 7) is 4.41. The van der Waals surface area contributed by atoms with Crippen LogP contribution in [0.1, 0.15) is 76.3 Å². The van der Waals surface area contributed by atoms with Crippen LogP contribution in [0.4, 0.5) is 0 Å². The predicted octanol–water partition coefficient (Wildman–Crippen LogP) is 8.43. The van der Waals surface area contributed by atoms with Gasteiger partial charge in [-0.1, -0.05) is 52.4 Å². The van der Waals surface area contributed by atoms with E-state index in [9.17, 15) is 21.0 Å². The molecule has 0 saturated carbocycles. The average molecular weight is 625 g/mol. The van der Waals surface area contributed by atoms with Crippen molar-refractivity contribution in [3.8, 4) is 24.3 Å². The van der Waals surface area contributed by atoms with Crippen molar-refractivity contribution in [2.24, 2.45) is 0 Å². The summed E-state index contributed by atoms with van der Waals surface area (Å²) in [5.74, 6) is 0. The van der Waals surface area contributed by atoms with E-state index >= 15 is 0 Å². The molecule has 0 bridgehead atoms. The number of aryl methyl sites for hydroxylation is 2. The van der Waals surface area contributed by atoms with E-state index < -0.39 is 0 Å². The SMILES string of the molecule is CCCCCCc1cc(=C(C#N)C#N)s/c1=c1\cc/c(=c2/cc/c(=c3\sc(=C(C#N)C#N)cc3CCCCCC)s2)s1. The molecule has 0 atom stereocenters. The van der Waals surface area contributed by atoms with Gasteiger partial charge in [-0.05, 0) is 73.2 Å². The van der Waals surface area contributed by atoms with Gasteiger partial charge in [-0.2, -0.15) is 21.0 Å². The summed E-state index contributed by atoms with van der Waals surface area (Å²) < 4.78 is 8.50. The molecule has 0 aliphatic carbocycles. The van der Waals surface area contributed by atoms with Crippen LogP contribution in [0.3, 0.4) is 0 Å². The van der Waals surface area contributed by atoms with Gasteiger partial charge in [0.15, 0.2) is 0 Å². The monoisotopic (exact) mass is 624 g/mol. The Kier molecular flexibility index (Phi) is 11.7. The van der Waals surface area contributed by atoms with Gasteiger partial charge in [0.25, 0.3) is 0 Å². The molecule has 4 aromatic heterocycles. The molecule has 0 fully saturated rings. The van der Waals surface area contributed by atoms with Crippen molar-refractivity contribution < 1.29 is 0 Å². The summed E-state index contributed by atoms with van der Waals surface area (Å²) in [5.41, 5.74) is 2.79. The molecule has 42 heavy (non-hydrogen) atoms. The lowest BCUT2D eigenvalue weighted by Gasteiger charge is -1.97. The van der Waals surface area contributed by atoms with Crippen LogP contribution in [-0.4, -0.2) is 0 Å². The maximum atomic E-state index is 9.47. The average Bonchev–Trinajstić information content (AvgIpc) is 3.81. The molecule has 0 N–H and O–H groups in total. The smallest absolute Gasteiger partial charge is 0.146 e. The van der Waals surface area contributed by atoms with Crippen LogP contribution in [-0.2, 0) is 12.8 Å². The third kappa shape index (κ3) is 7.46. The molecule has 0 unspecified atom stereocenters. The van der Waals surface area contributed by atoms with Gasteiger partial charge in [0.1, 0.15) is 35.4 Å². The van der Waals surface area contributed by atoms with Crippen LogP contribution >= 0.6 is 45.3 Å². The molecule has 0 aromatic carbocycles. The summed E-state index contributed by atoms with van der Waals surface area (Å²) in [6, 6.07) is 21.0. The quantitative estimate of drug-likeness (QED) is 0.165. The summed E-state index contributed by atoms with van der Waals surface area (Å²) in [4.78, 5) is 0. The first-order chi connectivity index (χ1) is 20.6. The maximum Gasteiger partial charge on any atom is 0.146 e. The Balaban J connectivity index is 1.92. The molecule has 4 rings (SSSR count). The Hall–Kier alpha value is -3.50. The number of unbranched alkanes of at least 4 members (excludes halogenated alkanes) is 6. The second-order valence-corrected chi connectivity index (χ2v) is 14.3. The highest BCUT2D eigenvalue weighted by Gasteiger charge is 2.07. The Morgan fingerprint density at radius 2 is 0.905 bits per heavy atom. The van der Waals surface area contributed by atoms with Gasteiger partial charge in [0, 0.05) is 27.2 Å². The van der Waals surface area contributed by atoms with E-state index in [2.05, 4.69) is 62.4 Å². The lowest BCUT2D eigenvalue weighted by molar-refractivity contribution is 0.667. The van der Waals surface area contributed by atoms with Crippen molar-refractivity contribution in [2.45, 2.75) is 78.1 Å². The summed E-state index contributed by atoms with van der Waals surface area (Å²) >= 11 is 6.58. The summed E-state index contributed by atoms with van der Waals surface area (Å²) in [6.07, 6.45) is 11.2. The largest absolute Gasteiger partial charge is 0.192 e. The minimum atomic E-state index is 0.176. The normalized spacial score (nSPS) is 13.1. The lowest BCUT2D eigenvalue weighted by atomic mass is 10.1. The first kappa shape index (κ1) is 31.4. The molecule has 4 aromatic rings. The Bertz CT molecular complexity index is 1950. The molecule has 4 heterocycles. The van der Waals surface area contributed by atoms with Crippen LogP contribution < -0.4 is 9.06 Å². The Morgan fingerprint density at radius 3 is 1.26 bits per heavy atom. The lowest BCUT2D eigenvalue weighted by Crippen LogP contribution is -1.95. The fourth-order valence-corrected chi connectivity index (χ4v) is 9.54. The maximum absolute atomic E-state index is 9.47. The van der Waals surface area contributed by atoms with Gasteiger partial charge in [-0.3, -0.25) is 0 Å². The Morgan fingerprint density at radius 1 is 0.524 bits per heavy atom. The second kappa shape index (κ2) is 15.7. The predicted molar refractivity (Wildman–Crippen MR) is 175 cm³/mol. The minimum Gasteiger partial charge on any atom is -0.192 e. The van der Waals surface area contributed by atoms with Crippen LogP contribution in [0.15, 0.2) is 36.4 Å². The number of hydrogen-bond acceptors (Lipinski definition) is 8. The third-order valence-corrected chi connectivity index (χ3v) is 12.2. The van der Waals surface area contributed by atoms with Gasteiger partial charge in [-0.15, -0.1) is 45.3 Å². The molecule has 0 aliphatic heterocycles. The van der Waals surface area contributed by atoms with Gasteiger partial charge in [0.05, 0.1) is 9.06 Å². The number of rotatable bonds is 10. The van der Waals surface area contributed by atoms with Crippen LogP contribution in [0.2, 0.25) is 0 Å². The number of nitrogens with zero attached hydrogens (tertiary/aromatic N) is 4. The highest BCUT2D eigenvalue weighted by Crippen LogP contribution is 2.21. The number of nitriles is 4. The van der Waals surface area contributed by atoms with Crippen LogP contribution in [0.5, 0.6) is 0 Å². The number of thiophene rings is 4.